The van der Waals surface area contributed by atoms with Crippen LogP contribution in [0.4, 0.5) is 0 Å². The van der Waals surface area contributed by atoms with E-state index in [1.165, 1.54) is 0 Å². The summed E-state index contributed by atoms with van der Waals surface area (Å²) in [7, 11) is 0. The van der Waals surface area contributed by atoms with E-state index in [1.54, 1.807) is 18.6 Å². The topological polar surface area (TPSA) is 64.5 Å². The van der Waals surface area contributed by atoms with Crippen molar-refractivity contribution in [1.82, 2.24) is 24.9 Å². The summed E-state index contributed by atoms with van der Waals surface area (Å²) in [5.41, 5.74) is 7.05. The van der Waals surface area contributed by atoms with Crippen molar-refractivity contribution in [3.8, 4) is 45.4 Å². The van der Waals surface area contributed by atoms with Gasteiger partial charge in [-0.3, -0.25) is 19.9 Å². The third kappa shape index (κ3) is 6.84. The van der Waals surface area contributed by atoms with Crippen LogP contribution in [-0.4, -0.2) is 24.9 Å². The van der Waals surface area contributed by atoms with E-state index in [-0.39, 0.29) is 19.5 Å². The van der Waals surface area contributed by atoms with E-state index in [4.69, 9.17) is 9.97 Å². The Labute approximate surface area is 229 Å². The van der Waals surface area contributed by atoms with Crippen LogP contribution in [0.1, 0.15) is 0 Å². The molecule has 0 aliphatic heterocycles. The second-order valence-corrected chi connectivity index (χ2v) is 7.74. The Morgan fingerprint density at radius 2 is 0.784 bits per heavy atom. The molecular formula is C31H22N5Rh-. The fourth-order valence-electron chi connectivity index (χ4n) is 3.54. The number of hydrogen-bond donors (Lipinski definition) is 0. The van der Waals surface area contributed by atoms with Crippen molar-refractivity contribution in [1.29, 1.82) is 0 Å². The van der Waals surface area contributed by atoms with Gasteiger partial charge in [-0.1, -0.05) is 36.4 Å². The number of nitrogens with zero attached hydrogens (tertiary/aromatic N) is 5. The van der Waals surface area contributed by atoms with E-state index < -0.39 is 0 Å². The molecule has 5 heterocycles. The van der Waals surface area contributed by atoms with E-state index in [9.17, 15) is 0 Å². The molecule has 0 atom stereocenters. The number of hydrogen-bond acceptors (Lipinski definition) is 5. The zero-order chi connectivity index (χ0) is 24.4. The Kier molecular flexibility index (Phi) is 9.06. The second kappa shape index (κ2) is 13.1. The summed E-state index contributed by atoms with van der Waals surface area (Å²) in [6, 6.07) is 40.3. The van der Waals surface area contributed by atoms with Crippen LogP contribution in [0.5, 0.6) is 0 Å². The van der Waals surface area contributed by atoms with Crippen LogP contribution in [0.2, 0.25) is 0 Å². The zero-order valence-electron chi connectivity index (χ0n) is 19.8. The van der Waals surface area contributed by atoms with Gasteiger partial charge in [-0.15, -0.1) is 35.9 Å². The summed E-state index contributed by atoms with van der Waals surface area (Å²) >= 11 is 0. The predicted octanol–water partition coefficient (Wildman–Crippen LogP) is 6.81. The smallest absolute Gasteiger partial charge is 0.0894 e. The van der Waals surface area contributed by atoms with Gasteiger partial charge in [-0.05, 0) is 60.3 Å². The summed E-state index contributed by atoms with van der Waals surface area (Å²) < 4.78 is 0. The summed E-state index contributed by atoms with van der Waals surface area (Å²) in [6.45, 7) is 0. The van der Waals surface area contributed by atoms with Gasteiger partial charge in [-0.2, -0.15) is 0 Å². The third-order valence-electron chi connectivity index (χ3n) is 5.27. The molecule has 0 amide bonds. The fourth-order valence-corrected chi connectivity index (χ4v) is 3.54. The van der Waals surface area contributed by atoms with Crippen LogP contribution in [0.15, 0.2) is 134 Å². The maximum atomic E-state index is 4.73. The molecule has 1 aromatic carbocycles. The van der Waals surface area contributed by atoms with Crippen LogP contribution in [0, 0.1) is 6.07 Å². The van der Waals surface area contributed by atoms with Crippen molar-refractivity contribution in [3.63, 3.8) is 0 Å². The minimum absolute atomic E-state index is 0. The number of aromatic nitrogens is 5. The number of benzene rings is 1. The average molecular weight is 567 g/mol. The summed E-state index contributed by atoms with van der Waals surface area (Å²) in [5, 5.41) is 0. The first-order valence-electron chi connectivity index (χ1n) is 11.5. The summed E-state index contributed by atoms with van der Waals surface area (Å²) in [5.74, 6) is 0. The minimum atomic E-state index is 0. The molecule has 5 nitrogen and oxygen atoms in total. The SMILES string of the molecule is [Rh].[c-]1ccccc1-c1cccc(-c2cccc(-c3ccccn3)n2)n1.c1ccc(-c2ccccn2)nc1. The molecule has 0 unspecified atom stereocenters. The molecule has 6 heteroatoms. The first kappa shape index (κ1) is 25.7. The molecule has 0 saturated carbocycles. The largest absolute Gasteiger partial charge is 0.295 e. The van der Waals surface area contributed by atoms with Crippen molar-refractivity contribution in [2.45, 2.75) is 0 Å². The van der Waals surface area contributed by atoms with Gasteiger partial charge in [0, 0.05) is 38.1 Å². The Balaban J connectivity index is 0.000000208. The molecule has 0 bridgehead atoms. The molecule has 0 saturated heterocycles. The Bertz CT molecular complexity index is 1390. The first-order chi connectivity index (χ1) is 17.9. The van der Waals surface area contributed by atoms with Gasteiger partial charge in [-0.25, -0.2) is 4.98 Å². The van der Waals surface area contributed by atoms with E-state index >= 15 is 0 Å². The molecule has 6 rings (SSSR count). The van der Waals surface area contributed by atoms with E-state index in [2.05, 4.69) is 21.0 Å². The van der Waals surface area contributed by atoms with Gasteiger partial charge in [0.05, 0.1) is 34.2 Å². The Morgan fingerprint density at radius 1 is 0.378 bits per heavy atom. The Morgan fingerprint density at radius 3 is 1.24 bits per heavy atom. The molecule has 6 aromatic rings. The first-order valence-corrected chi connectivity index (χ1v) is 11.5. The van der Waals surface area contributed by atoms with E-state index in [0.29, 0.717) is 0 Å². The van der Waals surface area contributed by atoms with Crippen molar-refractivity contribution in [2.75, 3.05) is 0 Å². The third-order valence-corrected chi connectivity index (χ3v) is 5.27. The number of pyridine rings is 5. The minimum Gasteiger partial charge on any atom is -0.295 e. The van der Waals surface area contributed by atoms with Gasteiger partial charge in [0.1, 0.15) is 0 Å². The van der Waals surface area contributed by atoms with Gasteiger partial charge in [0.2, 0.25) is 0 Å². The molecule has 0 aliphatic carbocycles. The monoisotopic (exact) mass is 567 g/mol. The summed E-state index contributed by atoms with van der Waals surface area (Å²) in [4.78, 5) is 22.2. The van der Waals surface area contributed by atoms with Crippen LogP contribution >= 0.6 is 0 Å². The average Bonchev–Trinajstić information content (AvgIpc) is 2.99. The van der Waals surface area contributed by atoms with Gasteiger partial charge < -0.3 is 0 Å². The molecule has 0 fully saturated rings. The van der Waals surface area contributed by atoms with Gasteiger partial charge >= 0.3 is 0 Å². The van der Waals surface area contributed by atoms with E-state index in [0.717, 1.165) is 45.4 Å². The predicted molar refractivity (Wildman–Crippen MR) is 142 cm³/mol. The summed E-state index contributed by atoms with van der Waals surface area (Å²) in [6.07, 6.45) is 5.31. The maximum absolute atomic E-state index is 4.73. The van der Waals surface area contributed by atoms with Gasteiger partial charge in [0.15, 0.2) is 0 Å². The zero-order valence-corrected chi connectivity index (χ0v) is 21.4. The van der Waals surface area contributed by atoms with Crippen LogP contribution in [-0.2, 0) is 19.5 Å². The number of rotatable bonds is 4. The quantitative estimate of drug-likeness (QED) is 0.173. The van der Waals surface area contributed by atoms with Crippen LogP contribution < -0.4 is 0 Å². The van der Waals surface area contributed by atoms with Crippen LogP contribution in [0.25, 0.3) is 45.4 Å². The Hall–Kier alpha value is -4.41. The standard InChI is InChI=1S/C21H14N3.C10H8N2.Rh/c1-2-8-16(9-3-1)17-11-6-13-20(23-17)21-14-7-12-19(24-21)18-10-4-5-15-22-18;1-3-7-11-9(5-1)10-6-2-4-8-12-10;/h1-8,10-15H;1-8H;/q-1;;. The van der Waals surface area contributed by atoms with Crippen molar-refractivity contribution >= 4 is 0 Å². The van der Waals surface area contributed by atoms with Crippen molar-refractivity contribution < 1.29 is 19.5 Å². The fraction of sp³-hybridized carbons (Fsp3) is 0. The molecule has 1 radical (unpaired) electrons. The van der Waals surface area contributed by atoms with E-state index in [1.807, 2.05) is 115 Å². The molecule has 5 aromatic heterocycles. The molecule has 37 heavy (non-hydrogen) atoms. The van der Waals surface area contributed by atoms with Crippen molar-refractivity contribution in [3.05, 3.63) is 140 Å². The molecule has 0 spiro atoms. The molecule has 0 aliphatic rings. The normalized spacial score (nSPS) is 9.95. The van der Waals surface area contributed by atoms with Gasteiger partial charge in [0.25, 0.3) is 0 Å². The van der Waals surface area contributed by atoms with Crippen molar-refractivity contribution in [2.24, 2.45) is 0 Å². The molecule has 0 N–H and O–H groups in total. The molecular weight excluding hydrogens is 545 g/mol. The maximum Gasteiger partial charge on any atom is 0.0894 e. The molecule has 181 valence electrons. The van der Waals surface area contributed by atoms with Crippen LogP contribution in [0.3, 0.4) is 0 Å². The second-order valence-electron chi connectivity index (χ2n) is 7.74.